The SMILES string of the molecule is CSCC[C@@H](NC(=O)[C@H](CCC(N)=O)NC(=O)[C@H](CCCN=C(N)N)NC(C)=O)C(=O)N[C@@H](CCC(=O)O)C(=O)N[C@@H](CCC(=O)O)C(N)=O. The number of nitrogens with zero attached hydrogens (tertiary/aromatic N) is 1. The lowest BCUT2D eigenvalue weighted by molar-refractivity contribution is -0.139. The average molecular weight is 733 g/mol. The third kappa shape index (κ3) is 20.3. The van der Waals surface area contributed by atoms with Crippen LogP contribution in [0, 0.1) is 0 Å². The molecule has 0 aromatic heterocycles. The molecule has 0 aliphatic rings. The van der Waals surface area contributed by atoms with Crippen LogP contribution in [-0.4, -0.2) is 118 Å². The highest BCUT2D eigenvalue weighted by Crippen LogP contribution is 2.08. The third-order valence-electron chi connectivity index (χ3n) is 6.78. The van der Waals surface area contributed by atoms with Crippen molar-refractivity contribution in [2.45, 2.75) is 94.9 Å². The third-order valence-corrected chi connectivity index (χ3v) is 7.43. The monoisotopic (exact) mass is 732 g/mol. The first kappa shape index (κ1) is 44.9. The standard InChI is InChI=1S/C28H48N10O11S/c1-14(39)34-16(4-3-12-33-28(31)32)24(46)36-17(5-8-20(29)40)26(48)38-19(11-13-50-2)27(49)37-18(7-10-22(43)44)25(47)35-15(23(30)45)6-9-21(41)42/h15-19H,3-13H2,1-2H3,(H2,29,40)(H2,30,45)(H,34,39)(H,35,47)(H,36,46)(H,37,49)(H,38,48)(H,41,42)(H,43,44)(H4,31,32,33)/t15-,16-,17-,18-,19+/m0/s1. The van der Waals surface area contributed by atoms with Crippen LogP contribution in [0.3, 0.4) is 0 Å². The Kier molecular flexibility index (Phi) is 21.6. The molecule has 0 spiro atoms. The van der Waals surface area contributed by atoms with Gasteiger partial charge < -0.3 is 59.7 Å². The number of amides is 7. The number of hydrogen-bond acceptors (Lipinski definition) is 11. The Morgan fingerprint density at radius 1 is 0.600 bits per heavy atom. The fourth-order valence-corrected chi connectivity index (χ4v) is 4.73. The molecule has 0 aromatic rings. The molecule has 21 nitrogen and oxygen atoms in total. The van der Waals surface area contributed by atoms with Gasteiger partial charge in [0, 0.05) is 32.7 Å². The summed E-state index contributed by atoms with van der Waals surface area (Å²) in [5.41, 5.74) is 21.1. The molecule has 0 aromatic carbocycles. The van der Waals surface area contributed by atoms with Gasteiger partial charge >= 0.3 is 11.9 Å². The van der Waals surface area contributed by atoms with Crippen molar-refractivity contribution >= 4 is 71.0 Å². The van der Waals surface area contributed by atoms with E-state index in [9.17, 15) is 48.3 Å². The minimum atomic E-state index is -1.55. The molecule has 5 atom stereocenters. The van der Waals surface area contributed by atoms with Crippen molar-refractivity contribution < 1.29 is 53.4 Å². The summed E-state index contributed by atoms with van der Waals surface area (Å²) in [7, 11) is 0. The number of guanidine groups is 1. The van der Waals surface area contributed by atoms with Crippen molar-refractivity contribution in [3.8, 4) is 0 Å². The van der Waals surface area contributed by atoms with Crippen molar-refractivity contribution in [1.82, 2.24) is 26.6 Å². The first-order valence-electron chi connectivity index (χ1n) is 15.4. The number of carboxylic acids is 2. The van der Waals surface area contributed by atoms with Crippen LogP contribution in [0.15, 0.2) is 4.99 Å². The van der Waals surface area contributed by atoms with E-state index in [0.717, 1.165) is 0 Å². The molecule has 282 valence electrons. The molecule has 50 heavy (non-hydrogen) atoms. The number of nitrogens with two attached hydrogens (primary N) is 4. The van der Waals surface area contributed by atoms with Crippen molar-refractivity contribution in [3.63, 3.8) is 0 Å². The molecule has 0 radical (unpaired) electrons. The first-order chi connectivity index (χ1) is 23.4. The Balaban J connectivity index is 6.14. The highest BCUT2D eigenvalue weighted by molar-refractivity contribution is 7.98. The largest absolute Gasteiger partial charge is 0.481 e. The summed E-state index contributed by atoms with van der Waals surface area (Å²) in [6.45, 7) is 1.32. The molecule has 0 rings (SSSR count). The minimum absolute atomic E-state index is 0.00960. The molecule has 7 amide bonds. The molecular formula is C28H48N10O11S. The molecule has 0 aliphatic carbocycles. The predicted molar refractivity (Wildman–Crippen MR) is 180 cm³/mol. The van der Waals surface area contributed by atoms with Crippen LogP contribution in [0.2, 0.25) is 0 Å². The fraction of sp³-hybridized carbons (Fsp3) is 0.643. The van der Waals surface area contributed by atoms with Crippen LogP contribution in [0.5, 0.6) is 0 Å². The maximum atomic E-state index is 13.5. The summed E-state index contributed by atoms with van der Waals surface area (Å²) in [5, 5.41) is 30.1. The summed E-state index contributed by atoms with van der Waals surface area (Å²) in [5.74, 6) is -8.54. The van der Waals surface area contributed by atoms with Gasteiger partial charge in [-0.3, -0.25) is 48.1 Å². The van der Waals surface area contributed by atoms with Gasteiger partial charge in [-0.1, -0.05) is 0 Å². The van der Waals surface area contributed by atoms with E-state index in [0.29, 0.717) is 5.75 Å². The number of aliphatic carboxylic acids is 2. The second-order valence-electron chi connectivity index (χ2n) is 11.0. The van der Waals surface area contributed by atoms with Gasteiger partial charge in [0.2, 0.25) is 41.4 Å². The zero-order valence-corrected chi connectivity index (χ0v) is 28.7. The number of carboxylic acid groups (broad SMARTS) is 2. The normalized spacial score (nSPS) is 13.6. The second-order valence-corrected chi connectivity index (χ2v) is 12.0. The lowest BCUT2D eigenvalue weighted by atomic mass is 10.1. The summed E-state index contributed by atoms with van der Waals surface area (Å²) < 4.78 is 0. The Morgan fingerprint density at radius 2 is 1.00 bits per heavy atom. The summed E-state index contributed by atoms with van der Waals surface area (Å²) in [6, 6.07) is -6.91. The number of hydrogen-bond donors (Lipinski definition) is 11. The molecule has 0 fully saturated rings. The van der Waals surface area contributed by atoms with E-state index in [1.54, 1.807) is 6.26 Å². The Labute approximate surface area is 292 Å². The van der Waals surface area contributed by atoms with Crippen LogP contribution >= 0.6 is 11.8 Å². The van der Waals surface area contributed by atoms with Gasteiger partial charge in [-0.05, 0) is 50.5 Å². The maximum absolute atomic E-state index is 13.5. The molecule has 15 N–H and O–H groups in total. The minimum Gasteiger partial charge on any atom is -0.481 e. The fourth-order valence-electron chi connectivity index (χ4n) is 4.26. The molecule has 22 heteroatoms. The van der Waals surface area contributed by atoms with E-state index >= 15 is 0 Å². The van der Waals surface area contributed by atoms with Crippen molar-refractivity contribution in [2.24, 2.45) is 27.9 Å². The van der Waals surface area contributed by atoms with Gasteiger partial charge in [0.1, 0.15) is 30.2 Å². The number of primary amides is 2. The number of rotatable bonds is 26. The molecule has 0 unspecified atom stereocenters. The topological polar surface area (TPSA) is 371 Å². The number of thioether (sulfide) groups is 1. The quantitative estimate of drug-likeness (QED) is 0.0228. The summed E-state index contributed by atoms with van der Waals surface area (Å²) in [6.07, 6.45) is -0.560. The van der Waals surface area contributed by atoms with Crippen LogP contribution < -0.4 is 49.5 Å². The lowest BCUT2D eigenvalue weighted by Gasteiger charge is -2.27. The zero-order chi connectivity index (χ0) is 38.4. The van der Waals surface area contributed by atoms with Crippen LogP contribution in [0.1, 0.15) is 64.7 Å². The van der Waals surface area contributed by atoms with Crippen LogP contribution in [0.4, 0.5) is 0 Å². The van der Waals surface area contributed by atoms with E-state index in [2.05, 4.69) is 31.6 Å². The van der Waals surface area contributed by atoms with Gasteiger partial charge in [0.05, 0.1) is 0 Å². The highest BCUT2D eigenvalue weighted by Gasteiger charge is 2.32. The number of nitrogens with one attached hydrogen (secondary N) is 5. The van der Waals surface area contributed by atoms with Gasteiger partial charge in [-0.25, -0.2) is 0 Å². The van der Waals surface area contributed by atoms with Crippen molar-refractivity contribution in [3.05, 3.63) is 0 Å². The summed E-state index contributed by atoms with van der Waals surface area (Å²) >= 11 is 1.30. The van der Waals surface area contributed by atoms with E-state index in [4.69, 9.17) is 28.0 Å². The molecular weight excluding hydrogens is 684 g/mol. The van der Waals surface area contributed by atoms with Crippen LogP contribution in [0.25, 0.3) is 0 Å². The number of carbonyl (C=O) groups is 9. The van der Waals surface area contributed by atoms with Gasteiger partial charge in [-0.15, -0.1) is 0 Å². The maximum Gasteiger partial charge on any atom is 0.303 e. The number of carbonyl (C=O) groups excluding carboxylic acids is 7. The Hall–Kier alpha value is -5.15. The highest BCUT2D eigenvalue weighted by atomic mass is 32.2. The van der Waals surface area contributed by atoms with Gasteiger partial charge in [-0.2, -0.15) is 11.8 Å². The number of aliphatic imine (C=N–C) groups is 1. The predicted octanol–water partition coefficient (Wildman–Crippen LogP) is -4.28. The Bertz CT molecular complexity index is 1260. The van der Waals surface area contributed by atoms with Gasteiger partial charge in [0.15, 0.2) is 5.96 Å². The van der Waals surface area contributed by atoms with E-state index in [1.807, 2.05) is 0 Å². The average Bonchev–Trinajstić information content (AvgIpc) is 3.01. The first-order valence-corrected chi connectivity index (χ1v) is 16.8. The van der Waals surface area contributed by atoms with E-state index in [-0.39, 0.29) is 51.0 Å². The van der Waals surface area contributed by atoms with Crippen molar-refractivity contribution in [1.29, 1.82) is 0 Å². The second kappa shape index (κ2) is 24.1. The van der Waals surface area contributed by atoms with Crippen LogP contribution in [-0.2, 0) is 43.2 Å². The Morgan fingerprint density at radius 3 is 1.38 bits per heavy atom. The van der Waals surface area contributed by atoms with Crippen molar-refractivity contribution in [2.75, 3.05) is 18.6 Å². The smallest absolute Gasteiger partial charge is 0.303 e. The molecule has 0 saturated carbocycles. The molecule has 0 saturated heterocycles. The van der Waals surface area contributed by atoms with E-state index in [1.165, 1.54) is 18.7 Å². The molecule has 0 heterocycles. The van der Waals surface area contributed by atoms with E-state index < -0.39 is 103 Å². The lowest BCUT2D eigenvalue weighted by Crippen LogP contribution is -2.59. The zero-order valence-electron chi connectivity index (χ0n) is 27.9. The summed E-state index contributed by atoms with van der Waals surface area (Å²) in [4.78, 5) is 114. The van der Waals surface area contributed by atoms with Gasteiger partial charge in [0.25, 0.3) is 0 Å². The molecule has 0 aliphatic heterocycles. The molecule has 0 bridgehead atoms.